The number of H-pyrrole nitrogens is 1. The third kappa shape index (κ3) is 1.30. The third-order valence-corrected chi connectivity index (χ3v) is 2.09. The molecule has 0 aliphatic carbocycles. The van der Waals surface area contributed by atoms with Crippen molar-refractivity contribution < 1.29 is 5.11 Å². The van der Waals surface area contributed by atoms with Crippen LogP contribution in [0.25, 0.3) is 10.9 Å². The molecule has 0 spiro atoms. The van der Waals surface area contributed by atoms with Crippen LogP contribution in [-0.4, -0.2) is 21.8 Å². The molecule has 0 bridgehead atoms. The molecule has 0 radical (unpaired) electrons. The largest absolute Gasteiger partial charge is 0.387 e. The molecule has 0 saturated carbocycles. The summed E-state index contributed by atoms with van der Waals surface area (Å²) in [6.45, 7) is 0.220. The van der Waals surface area contributed by atoms with Gasteiger partial charge in [-0.3, -0.25) is 5.10 Å². The van der Waals surface area contributed by atoms with E-state index in [0.29, 0.717) is 0 Å². The highest BCUT2D eigenvalue weighted by molar-refractivity contribution is 5.81. The Morgan fingerprint density at radius 2 is 2.38 bits per heavy atom. The van der Waals surface area contributed by atoms with Crippen LogP contribution in [-0.2, 0) is 0 Å². The number of nitrogens with zero attached hydrogens (tertiary/aromatic N) is 1. The molecule has 4 nitrogen and oxygen atoms in total. The van der Waals surface area contributed by atoms with E-state index in [1.807, 2.05) is 18.2 Å². The number of rotatable bonds is 2. The van der Waals surface area contributed by atoms with E-state index < -0.39 is 6.10 Å². The predicted octanol–water partition coefficient (Wildman–Crippen LogP) is 0.555. The normalized spacial score (nSPS) is 13.4. The summed E-state index contributed by atoms with van der Waals surface area (Å²) < 4.78 is 0. The maximum absolute atomic E-state index is 9.57. The van der Waals surface area contributed by atoms with E-state index in [1.165, 1.54) is 0 Å². The molecule has 13 heavy (non-hydrogen) atoms. The maximum Gasteiger partial charge on any atom is 0.0933 e. The molecule has 0 unspecified atom stereocenters. The summed E-state index contributed by atoms with van der Waals surface area (Å²) in [5, 5.41) is 17.3. The summed E-state index contributed by atoms with van der Waals surface area (Å²) in [6.07, 6.45) is 1.10. The molecule has 2 rings (SSSR count). The Morgan fingerprint density at radius 3 is 3.15 bits per heavy atom. The average molecular weight is 177 g/mol. The molecular formula is C9H11N3O. The van der Waals surface area contributed by atoms with Crippen molar-refractivity contribution in [2.75, 3.05) is 6.54 Å². The minimum atomic E-state index is -0.621. The van der Waals surface area contributed by atoms with Crippen LogP contribution in [0.15, 0.2) is 24.4 Å². The lowest BCUT2D eigenvalue weighted by molar-refractivity contribution is 0.188. The van der Waals surface area contributed by atoms with Crippen LogP contribution in [0, 0.1) is 0 Å². The zero-order chi connectivity index (χ0) is 9.26. The quantitative estimate of drug-likeness (QED) is 0.627. The van der Waals surface area contributed by atoms with Gasteiger partial charge in [-0.15, -0.1) is 0 Å². The summed E-state index contributed by atoms with van der Waals surface area (Å²) in [5.41, 5.74) is 7.04. The summed E-state index contributed by atoms with van der Waals surface area (Å²) >= 11 is 0. The van der Waals surface area contributed by atoms with E-state index in [4.69, 9.17) is 5.73 Å². The van der Waals surface area contributed by atoms with Crippen LogP contribution in [0.5, 0.6) is 0 Å². The molecule has 4 N–H and O–H groups in total. The number of benzene rings is 1. The van der Waals surface area contributed by atoms with Gasteiger partial charge in [-0.1, -0.05) is 18.2 Å². The van der Waals surface area contributed by atoms with Crippen molar-refractivity contribution in [3.63, 3.8) is 0 Å². The van der Waals surface area contributed by atoms with Crippen molar-refractivity contribution in [3.8, 4) is 0 Å². The second-order valence-corrected chi connectivity index (χ2v) is 2.93. The number of nitrogens with two attached hydrogens (primary N) is 1. The number of aliphatic hydroxyl groups excluding tert-OH is 1. The fraction of sp³-hybridized carbons (Fsp3) is 0.222. The molecule has 0 fully saturated rings. The molecule has 1 atom stereocenters. The van der Waals surface area contributed by atoms with Crippen LogP contribution in [0.1, 0.15) is 11.7 Å². The third-order valence-electron chi connectivity index (χ3n) is 2.09. The molecule has 2 aromatic rings. The van der Waals surface area contributed by atoms with E-state index in [2.05, 4.69) is 10.2 Å². The highest BCUT2D eigenvalue weighted by Gasteiger charge is 2.09. The minimum Gasteiger partial charge on any atom is -0.387 e. The fourth-order valence-electron chi connectivity index (χ4n) is 1.40. The van der Waals surface area contributed by atoms with Gasteiger partial charge in [-0.25, -0.2) is 0 Å². The molecule has 1 aromatic carbocycles. The first kappa shape index (κ1) is 8.22. The lowest BCUT2D eigenvalue weighted by Crippen LogP contribution is -2.11. The standard InChI is InChI=1S/C9H11N3O/c10-4-8(13)7-3-1-2-6-5-11-12-9(6)7/h1-3,5,8,13H,4,10H2,(H,11,12)/t8-/m1/s1. The van der Waals surface area contributed by atoms with Gasteiger partial charge in [0.25, 0.3) is 0 Å². The lowest BCUT2D eigenvalue weighted by atomic mass is 10.1. The van der Waals surface area contributed by atoms with Gasteiger partial charge in [0.15, 0.2) is 0 Å². The van der Waals surface area contributed by atoms with E-state index in [1.54, 1.807) is 6.20 Å². The van der Waals surface area contributed by atoms with Crippen molar-refractivity contribution in [3.05, 3.63) is 30.0 Å². The Bertz CT molecular complexity index is 410. The number of nitrogens with one attached hydrogen (secondary N) is 1. The number of fused-ring (bicyclic) bond motifs is 1. The monoisotopic (exact) mass is 177 g/mol. The molecule has 0 aliphatic rings. The highest BCUT2D eigenvalue weighted by Crippen LogP contribution is 2.21. The lowest BCUT2D eigenvalue weighted by Gasteiger charge is -2.08. The number of aromatic nitrogens is 2. The van der Waals surface area contributed by atoms with Crippen molar-refractivity contribution in [2.45, 2.75) is 6.10 Å². The number of aliphatic hydroxyl groups is 1. The number of para-hydroxylation sites is 1. The predicted molar refractivity (Wildman–Crippen MR) is 50.1 cm³/mol. The summed E-state index contributed by atoms with van der Waals surface area (Å²) in [7, 11) is 0. The Morgan fingerprint density at radius 1 is 1.54 bits per heavy atom. The summed E-state index contributed by atoms with van der Waals surface area (Å²) in [5.74, 6) is 0. The molecule has 0 saturated heterocycles. The van der Waals surface area contributed by atoms with Crippen LogP contribution in [0.3, 0.4) is 0 Å². The second kappa shape index (κ2) is 3.16. The second-order valence-electron chi connectivity index (χ2n) is 2.93. The molecule has 68 valence electrons. The van der Waals surface area contributed by atoms with Gasteiger partial charge in [0, 0.05) is 17.5 Å². The van der Waals surface area contributed by atoms with Crippen molar-refractivity contribution >= 4 is 10.9 Å². The van der Waals surface area contributed by atoms with Gasteiger partial charge in [-0.2, -0.15) is 5.10 Å². The Labute approximate surface area is 75.4 Å². The van der Waals surface area contributed by atoms with E-state index >= 15 is 0 Å². The van der Waals surface area contributed by atoms with E-state index in [0.717, 1.165) is 16.5 Å². The zero-order valence-electron chi connectivity index (χ0n) is 7.07. The fourth-order valence-corrected chi connectivity index (χ4v) is 1.40. The van der Waals surface area contributed by atoms with Crippen molar-refractivity contribution in [1.82, 2.24) is 10.2 Å². The Balaban J connectivity index is 2.60. The molecule has 4 heteroatoms. The van der Waals surface area contributed by atoms with Crippen molar-refractivity contribution in [2.24, 2.45) is 5.73 Å². The average Bonchev–Trinajstić information content (AvgIpc) is 2.63. The smallest absolute Gasteiger partial charge is 0.0933 e. The Hall–Kier alpha value is -1.39. The first-order chi connectivity index (χ1) is 6.33. The van der Waals surface area contributed by atoms with E-state index in [-0.39, 0.29) is 6.54 Å². The minimum absolute atomic E-state index is 0.220. The summed E-state index contributed by atoms with van der Waals surface area (Å²) in [4.78, 5) is 0. The maximum atomic E-state index is 9.57. The van der Waals surface area contributed by atoms with Gasteiger partial charge < -0.3 is 10.8 Å². The number of aromatic amines is 1. The van der Waals surface area contributed by atoms with Gasteiger partial charge in [-0.05, 0) is 0 Å². The van der Waals surface area contributed by atoms with E-state index in [9.17, 15) is 5.11 Å². The molecular weight excluding hydrogens is 166 g/mol. The zero-order valence-corrected chi connectivity index (χ0v) is 7.07. The van der Waals surface area contributed by atoms with Crippen LogP contribution in [0.2, 0.25) is 0 Å². The van der Waals surface area contributed by atoms with Crippen LogP contribution in [0.4, 0.5) is 0 Å². The first-order valence-electron chi connectivity index (χ1n) is 4.13. The van der Waals surface area contributed by atoms with Gasteiger partial charge in [0.05, 0.1) is 17.8 Å². The number of hydrogen-bond acceptors (Lipinski definition) is 3. The van der Waals surface area contributed by atoms with Gasteiger partial charge in [0.1, 0.15) is 0 Å². The van der Waals surface area contributed by atoms with Gasteiger partial charge in [0.2, 0.25) is 0 Å². The molecule has 1 aromatic heterocycles. The number of hydrogen-bond donors (Lipinski definition) is 3. The molecule has 0 aliphatic heterocycles. The highest BCUT2D eigenvalue weighted by atomic mass is 16.3. The topological polar surface area (TPSA) is 74.9 Å². The summed E-state index contributed by atoms with van der Waals surface area (Å²) in [6, 6.07) is 5.66. The first-order valence-corrected chi connectivity index (χ1v) is 4.13. The SMILES string of the molecule is NC[C@@H](O)c1cccc2cn[nH]c12. The van der Waals surface area contributed by atoms with Crippen molar-refractivity contribution in [1.29, 1.82) is 0 Å². The van der Waals surface area contributed by atoms with Crippen LogP contribution < -0.4 is 5.73 Å². The molecule has 1 heterocycles. The van der Waals surface area contributed by atoms with Gasteiger partial charge >= 0.3 is 0 Å². The Kier molecular flexibility index (Phi) is 2.00. The molecule has 0 amide bonds. The van der Waals surface area contributed by atoms with Crippen LogP contribution >= 0.6 is 0 Å².